The number of rotatable bonds is 13. The molecule has 4 aliphatic carbocycles. The second-order valence-electron chi connectivity index (χ2n) is 11.8. The Morgan fingerprint density at radius 2 is 1.55 bits per heavy atom. The summed E-state index contributed by atoms with van der Waals surface area (Å²) in [6.07, 6.45) is 7.18. The second kappa shape index (κ2) is 13.9. The Bertz CT molecular complexity index is 1240. The van der Waals surface area contributed by atoms with Crippen LogP contribution in [0.4, 0.5) is 0 Å². The summed E-state index contributed by atoms with van der Waals surface area (Å²) in [7, 11) is 4.61. The van der Waals surface area contributed by atoms with Crippen molar-refractivity contribution >= 4 is 5.97 Å². The van der Waals surface area contributed by atoms with Crippen LogP contribution in [0, 0.1) is 29.6 Å². The monoisotopic (exact) mass is 578 g/mol. The van der Waals surface area contributed by atoms with Crippen molar-refractivity contribution in [2.24, 2.45) is 17.8 Å². The van der Waals surface area contributed by atoms with E-state index in [-0.39, 0.29) is 31.3 Å². The number of carbonyl (C=O) groups is 1. The molecule has 0 aliphatic heterocycles. The molecule has 1 atom stereocenters. The molecule has 6 rings (SSSR count). The summed E-state index contributed by atoms with van der Waals surface area (Å²) in [5.74, 6) is 9.87. The van der Waals surface area contributed by atoms with Gasteiger partial charge in [-0.3, -0.25) is 0 Å². The van der Waals surface area contributed by atoms with Crippen LogP contribution in [0.2, 0.25) is 0 Å². The van der Waals surface area contributed by atoms with Gasteiger partial charge in [-0.05, 0) is 98.9 Å². The smallest absolute Gasteiger partial charge is 0.337 e. The van der Waals surface area contributed by atoms with E-state index in [4.69, 9.17) is 33.2 Å². The molecule has 0 aromatic heterocycles. The number of esters is 1. The fourth-order valence-electron chi connectivity index (χ4n) is 7.27. The van der Waals surface area contributed by atoms with Gasteiger partial charge in [-0.15, -0.1) is 0 Å². The highest BCUT2D eigenvalue weighted by Gasteiger charge is 2.52. The standard InChI is InChI=1S/C34H42O8/c1-23(37-3)40-22-42-32-17-31(41-21-39-12-11-36-2)29(10-7-24-5-8-28(9-6-24)33(35)38-4)16-30(32)34-18-25-13-26(19-34)15-27(14-25)20-34/h5-6,8-9,16-17,23,25-27H,11-15,18-22H2,1-4H3. The molecule has 2 aromatic rings. The number of carbonyl (C=O) groups excluding carboxylic acids is 1. The van der Waals surface area contributed by atoms with E-state index in [9.17, 15) is 4.79 Å². The lowest BCUT2D eigenvalue weighted by molar-refractivity contribution is -0.150. The van der Waals surface area contributed by atoms with E-state index in [0.29, 0.717) is 24.5 Å². The fourth-order valence-corrected chi connectivity index (χ4v) is 7.27. The lowest BCUT2D eigenvalue weighted by Gasteiger charge is -2.57. The Labute approximate surface area is 248 Å². The first-order valence-corrected chi connectivity index (χ1v) is 14.8. The van der Waals surface area contributed by atoms with Gasteiger partial charge in [0.25, 0.3) is 0 Å². The molecule has 42 heavy (non-hydrogen) atoms. The highest BCUT2D eigenvalue weighted by Crippen LogP contribution is 2.62. The molecule has 0 amide bonds. The summed E-state index contributed by atoms with van der Waals surface area (Å²) in [5, 5.41) is 0. The fraction of sp³-hybridized carbons (Fsp3) is 0.559. The first-order valence-electron chi connectivity index (χ1n) is 14.8. The van der Waals surface area contributed by atoms with Crippen LogP contribution in [0.15, 0.2) is 36.4 Å². The van der Waals surface area contributed by atoms with Crippen molar-refractivity contribution in [2.75, 3.05) is 48.1 Å². The predicted molar refractivity (Wildman–Crippen MR) is 156 cm³/mol. The number of methoxy groups -OCH3 is 3. The third-order valence-electron chi connectivity index (χ3n) is 8.92. The van der Waals surface area contributed by atoms with Gasteiger partial charge in [-0.2, -0.15) is 0 Å². The average molecular weight is 579 g/mol. The van der Waals surface area contributed by atoms with Gasteiger partial charge in [0.15, 0.2) is 19.9 Å². The minimum atomic E-state index is -0.381. The lowest BCUT2D eigenvalue weighted by atomic mass is 9.48. The molecule has 0 N–H and O–H groups in total. The maximum Gasteiger partial charge on any atom is 0.337 e. The van der Waals surface area contributed by atoms with Crippen LogP contribution in [0.5, 0.6) is 11.5 Å². The van der Waals surface area contributed by atoms with Crippen molar-refractivity contribution < 1.29 is 38.0 Å². The molecule has 0 heterocycles. The number of ether oxygens (including phenoxy) is 7. The molecule has 0 radical (unpaired) electrons. The average Bonchev–Trinajstić information content (AvgIpc) is 2.99. The van der Waals surface area contributed by atoms with Crippen LogP contribution in [-0.2, 0) is 29.1 Å². The highest BCUT2D eigenvalue weighted by molar-refractivity contribution is 5.89. The van der Waals surface area contributed by atoms with Gasteiger partial charge in [0.1, 0.15) is 11.5 Å². The molecular weight excluding hydrogens is 536 g/mol. The van der Waals surface area contributed by atoms with Gasteiger partial charge >= 0.3 is 5.97 Å². The summed E-state index contributed by atoms with van der Waals surface area (Å²) in [5.41, 5.74) is 3.28. The van der Waals surface area contributed by atoms with Crippen LogP contribution in [0.1, 0.15) is 72.5 Å². The van der Waals surface area contributed by atoms with Crippen LogP contribution in [-0.4, -0.2) is 60.4 Å². The van der Waals surface area contributed by atoms with Crippen molar-refractivity contribution in [3.63, 3.8) is 0 Å². The third-order valence-corrected chi connectivity index (χ3v) is 8.92. The van der Waals surface area contributed by atoms with E-state index in [1.807, 2.05) is 25.1 Å². The summed E-state index contributed by atoms with van der Waals surface area (Å²) < 4.78 is 38.9. The van der Waals surface area contributed by atoms with E-state index in [1.54, 1.807) is 26.4 Å². The first-order chi connectivity index (χ1) is 20.4. The predicted octanol–water partition coefficient (Wildman–Crippen LogP) is 5.69. The summed E-state index contributed by atoms with van der Waals surface area (Å²) >= 11 is 0. The Morgan fingerprint density at radius 3 is 2.17 bits per heavy atom. The van der Waals surface area contributed by atoms with Gasteiger partial charge in [0.05, 0.1) is 31.5 Å². The Kier molecular flexibility index (Phi) is 10.1. The van der Waals surface area contributed by atoms with Gasteiger partial charge in [-0.1, -0.05) is 11.8 Å². The summed E-state index contributed by atoms with van der Waals surface area (Å²) in [4.78, 5) is 11.9. The molecule has 4 saturated carbocycles. The van der Waals surface area contributed by atoms with Crippen LogP contribution in [0.25, 0.3) is 0 Å². The number of benzene rings is 2. The maximum atomic E-state index is 11.9. The lowest BCUT2D eigenvalue weighted by Crippen LogP contribution is -2.48. The highest BCUT2D eigenvalue weighted by atomic mass is 16.7. The minimum absolute atomic E-state index is 0.0548. The van der Waals surface area contributed by atoms with Crippen molar-refractivity contribution in [3.05, 3.63) is 58.7 Å². The van der Waals surface area contributed by atoms with Gasteiger partial charge < -0.3 is 33.2 Å². The van der Waals surface area contributed by atoms with Crippen molar-refractivity contribution in [1.29, 1.82) is 0 Å². The summed E-state index contributed by atoms with van der Waals surface area (Å²) in [6.45, 7) is 2.86. The molecule has 4 fully saturated rings. The van der Waals surface area contributed by atoms with Crippen molar-refractivity contribution in [3.8, 4) is 23.3 Å². The van der Waals surface area contributed by atoms with E-state index >= 15 is 0 Å². The summed E-state index contributed by atoms with van der Waals surface area (Å²) in [6, 6.07) is 11.2. The van der Waals surface area contributed by atoms with Crippen LogP contribution >= 0.6 is 0 Å². The van der Waals surface area contributed by atoms with Crippen molar-refractivity contribution in [1.82, 2.24) is 0 Å². The van der Waals surface area contributed by atoms with Gasteiger partial charge in [0.2, 0.25) is 0 Å². The molecule has 0 spiro atoms. The SMILES string of the molecule is COCCOCOc1cc(OCOC(C)OC)c(C23CC4CC(CC(C4)C2)C3)cc1C#Cc1ccc(C(=O)OC)cc1. The zero-order valence-electron chi connectivity index (χ0n) is 25.1. The third kappa shape index (κ3) is 7.09. The van der Waals surface area contributed by atoms with E-state index in [2.05, 4.69) is 17.9 Å². The maximum absolute atomic E-state index is 11.9. The normalized spacial score (nSPS) is 24.5. The molecule has 8 nitrogen and oxygen atoms in total. The van der Waals surface area contributed by atoms with E-state index in [1.165, 1.54) is 51.2 Å². The van der Waals surface area contributed by atoms with Gasteiger partial charge in [-0.25, -0.2) is 4.79 Å². The quantitative estimate of drug-likeness (QED) is 0.130. The number of hydrogen-bond donors (Lipinski definition) is 0. The zero-order chi connectivity index (χ0) is 29.5. The molecular formula is C34H42O8. The first kappa shape index (κ1) is 30.4. The molecule has 2 aromatic carbocycles. The molecule has 226 valence electrons. The van der Waals surface area contributed by atoms with Crippen LogP contribution in [0.3, 0.4) is 0 Å². The Hall–Kier alpha value is -3.09. The molecule has 4 bridgehead atoms. The topological polar surface area (TPSA) is 81.7 Å². The minimum Gasteiger partial charge on any atom is -0.467 e. The second-order valence-corrected chi connectivity index (χ2v) is 11.8. The molecule has 8 heteroatoms. The Balaban J connectivity index is 1.50. The number of hydrogen-bond acceptors (Lipinski definition) is 8. The van der Waals surface area contributed by atoms with Crippen LogP contribution < -0.4 is 9.47 Å². The largest absolute Gasteiger partial charge is 0.467 e. The molecule has 0 saturated heterocycles. The molecule has 1 unspecified atom stereocenters. The van der Waals surface area contributed by atoms with Gasteiger partial charge in [0, 0.05) is 31.4 Å². The van der Waals surface area contributed by atoms with E-state index < -0.39 is 0 Å². The van der Waals surface area contributed by atoms with Crippen molar-refractivity contribution in [2.45, 2.75) is 57.2 Å². The Morgan fingerprint density at radius 1 is 0.881 bits per heavy atom. The zero-order valence-corrected chi connectivity index (χ0v) is 25.1. The molecule has 4 aliphatic rings. The van der Waals surface area contributed by atoms with E-state index in [0.717, 1.165) is 34.6 Å².